The summed E-state index contributed by atoms with van der Waals surface area (Å²) in [5.74, 6) is 1.54. The summed E-state index contributed by atoms with van der Waals surface area (Å²) in [5.41, 5.74) is 11.2. The Kier molecular flexibility index (Phi) is 5.56. The number of nitrogens with two attached hydrogens (primary N) is 1. The van der Waals surface area contributed by atoms with Crippen LogP contribution in [-0.2, 0) is 19.4 Å². The molecule has 0 radical (unpaired) electrons. The smallest absolute Gasteiger partial charge is 0.193 e. The molecule has 5 nitrogen and oxygen atoms in total. The summed E-state index contributed by atoms with van der Waals surface area (Å²) in [4.78, 5) is 11.5. The summed E-state index contributed by atoms with van der Waals surface area (Å²) in [7, 11) is 0. The van der Waals surface area contributed by atoms with Crippen LogP contribution in [0.5, 0.6) is 0 Å². The van der Waals surface area contributed by atoms with E-state index in [2.05, 4.69) is 50.5 Å². The van der Waals surface area contributed by atoms with Crippen LogP contribution in [0.4, 0.5) is 11.5 Å². The van der Waals surface area contributed by atoms with Crippen molar-refractivity contribution in [1.82, 2.24) is 4.98 Å². The Morgan fingerprint density at radius 1 is 1.04 bits per heavy atom. The van der Waals surface area contributed by atoms with Gasteiger partial charge in [-0.05, 0) is 73.8 Å². The molecule has 1 saturated heterocycles. The van der Waals surface area contributed by atoms with E-state index in [9.17, 15) is 0 Å². The third kappa shape index (κ3) is 4.41. The Morgan fingerprint density at radius 2 is 1.89 bits per heavy atom. The Bertz CT molecular complexity index is 791. The second kappa shape index (κ2) is 8.42. The van der Waals surface area contributed by atoms with Gasteiger partial charge in [-0.1, -0.05) is 18.2 Å². The number of aliphatic imine (C=N–C) groups is 1. The van der Waals surface area contributed by atoms with Gasteiger partial charge >= 0.3 is 0 Å². The predicted molar refractivity (Wildman–Crippen MR) is 112 cm³/mol. The largest absolute Gasteiger partial charge is 0.370 e. The van der Waals surface area contributed by atoms with Gasteiger partial charge in [-0.3, -0.25) is 0 Å². The van der Waals surface area contributed by atoms with E-state index in [-0.39, 0.29) is 0 Å². The molecule has 2 heterocycles. The summed E-state index contributed by atoms with van der Waals surface area (Å²) < 4.78 is 0. The van der Waals surface area contributed by atoms with Crippen molar-refractivity contribution >= 4 is 17.5 Å². The van der Waals surface area contributed by atoms with E-state index < -0.39 is 0 Å². The molecule has 1 aliphatic heterocycles. The number of hydrogen-bond acceptors (Lipinski definition) is 3. The molecule has 1 aliphatic carbocycles. The maximum Gasteiger partial charge on any atom is 0.193 e. The first-order valence-electron chi connectivity index (χ1n) is 10.2. The van der Waals surface area contributed by atoms with Gasteiger partial charge < -0.3 is 16.0 Å². The second-order valence-electron chi connectivity index (χ2n) is 7.55. The summed E-state index contributed by atoms with van der Waals surface area (Å²) in [6.07, 6.45) is 10.6. The lowest BCUT2D eigenvalue weighted by Gasteiger charge is -2.27. The Morgan fingerprint density at radius 3 is 2.70 bits per heavy atom. The molecule has 1 aromatic heterocycles. The van der Waals surface area contributed by atoms with Crippen molar-refractivity contribution in [3.8, 4) is 0 Å². The summed E-state index contributed by atoms with van der Waals surface area (Å²) in [6, 6.07) is 10.6. The molecule has 3 N–H and O–H groups in total. The summed E-state index contributed by atoms with van der Waals surface area (Å²) in [5, 5.41) is 3.30. The number of nitrogens with one attached hydrogen (secondary N) is 1. The zero-order valence-corrected chi connectivity index (χ0v) is 16.0. The number of guanidine groups is 1. The zero-order chi connectivity index (χ0) is 18.5. The molecule has 0 saturated carbocycles. The van der Waals surface area contributed by atoms with E-state index in [4.69, 9.17) is 5.73 Å². The fourth-order valence-corrected chi connectivity index (χ4v) is 4.07. The van der Waals surface area contributed by atoms with Crippen LogP contribution in [0.15, 0.2) is 41.5 Å². The lowest BCUT2D eigenvalue weighted by atomic mass is 9.90. The number of fused-ring (bicyclic) bond motifs is 1. The molecular formula is C22H29N5. The molecule has 0 atom stereocenters. The van der Waals surface area contributed by atoms with Gasteiger partial charge in [0.2, 0.25) is 0 Å². The van der Waals surface area contributed by atoms with Crippen molar-refractivity contribution in [2.24, 2.45) is 10.7 Å². The van der Waals surface area contributed by atoms with E-state index in [1.807, 2.05) is 6.20 Å². The van der Waals surface area contributed by atoms with Crippen LogP contribution in [0.1, 0.15) is 48.8 Å². The van der Waals surface area contributed by atoms with Crippen molar-refractivity contribution in [3.05, 3.63) is 53.2 Å². The normalized spacial score (nSPS) is 17.5. The zero-order valence-electron chi connectivity index (χ0n) is 16.0. The highest BCUT2D eigenvalue weighted by atomic mass is 15.2. The molecule has 5 heteroatoms. The minimum absolute atomic E-state index is 0.467. The van der Waals surface area contributed by atoms with Crippen molar-refractivity contribution < 1.29 is 0 Å². The first-order valence-corrected chi connectivity index (χ1v) is 10.2. The molecule has 142 valence electrons. The van der Waals surface area contributed by atoms with Crippen LogP contribution in [0.25, 0.3) is 0 Å². The Labute approximate surface area is 161 Å². The van der Waals surface area contributed by atoms with Crippen LogP contribution in [0.2, 0.25) is 0 Å². The number of rotatable bonds is 4. The predicted octanol–water partition coefficient (Wildman–Crippen LogP) is 3.88. The number of aromatic nitrogens is 1. The fraction of sp³-hybridized carbons (Fsp3) is 0.455. The second-order valence-corrected chi connectivity index (χ2v) is 7.55. The molecule has 0 unspecified atom stereocenters. The first-order chi connectivity index (χ1) is 13.3. The van der Waals surface area contributed by atoms with Gasteiger partial charge in [0.25, 0.3) is 0 Å². The third-order valence-corrected chi connectivity index (χ3v) is 5.58. The number of nitrogens with zero attached hydrogens (tertiary/aromatic N) is 3. The molecule has 27 heavy (non-hydrogen) atoms. The average molecular weight is 364 g/mol. The Hall–Kier alpha value is -2.56. The van der Waals surface area contributed by atoms with E-state index in [1.165, 1.54) is 43.2 Å². The van der Waals surface area contributed by atoms with Crippen molar-refractivity contribution in [3.63, 3.8) is 0 Å². The van der Waals surface area contributed by atoms with Crippen LogP contribution in [0.3, 0.4) is 0 Å². The number of piperidine rings is 1. The van der Waals surface area contributed by atoms with E-state index >= 15 is 0 Å². The van der Waals surface area contributed by atoms with Gasteiger partial charge in [-0.2, -0.15) is 0 Å². The summed E-state index contributed by atoms with van der Waals surface area (Å²) >= 11 is 0. The highest BCUT2D eigenvalue weighted by Crippen LogP contribution is 2.27. The number of pyridine rings is 1. The number of benzene rings is 1. The molecule has 4 rings (SSSR count). The molecule has 0 amide bonds. The molecule has 2 aromatic rings. The molecule has 1 fully saturated rings. The lowest BCUT2D eigenvalue weighted by Crippen LogP contribution is -2.30. The maximum absolute atomic E-state index is 6.14. The number of aryl methyl sites for hydroxylation is 1. The third-order valence-electron chi connectivity index (χ3n) is 5.58. The molecule has 2 aliphatic rings. The first kappa shape index (κ1) is 17.8. The highest BCUT2D eigenvalue weighted by Gasteiger charge is 2.13. The molecule has 1 aromatic carbocycles. The molecule has 0 spiro atoms. The van der Waals surface area contributed by atoms with Gasteiger partial charge in [0, 0.05) is 25.0 Å². The highest BCUT2D eigenvalue weighted by molar-refractivity contribution is 5.93. The minimum Gasteiger partial charge on any atom is -0.370 e. The van der Waals surface area contributed by atoms with Gasteiger partial charge in [0.05, 0.1) is 6.54 Å². The topological polar surface area (TPSA) is 66.5 Å². The average Bonchev–Trinajstić information content (AvgIpc) is 2.74. The van der Waals surface area contributed by atoms with Gasteiger partial charge in [0.1, 0.15) is 5.82 Å². The maximum atomic E-state index is 6.14. The van der Waals surface area contributed by atoms with Crippen LogP contribution in [-0.4, -0.2) is 24.0 Å². The van der Waals surface area contributed by atoms with Crippen molar-refractivity contribution in [2.45, 2.75) is 51.5 Å². The van der Waals surface area contributed by atoms with E-state index in [1.54, 1.807) is 0 Å². The van der Waals surface area contributed by atoms with Gasteiger partial charge in [0.15, 0.2) is 5.96 Å². The standard InChI is InChI=1S/C22H29N5/c23-22(26-20-10-6-8-18-7-2-3-9-19(18)20)25-16-17-11-12-21(24-15-17)27-13-4-1-5-14-27/h6,8,10-12,15H,1-5,7,9,13-14,16H2,(H3,23,25,26). The SMILES string of the molecule is NC(=NCc1ccc(N2CCCCC2)nc1)Nc1cccc2c1CCCC2. The van der Waals surface area contributed by atoms with Gasteiger partial charge in [-0.15, -0.1) is 0 Å². The minimum atomic E-state index is 0.467. The quantitative estimate of drug-likeness (QED) is 0.639. The van der Waals surface area contributed by atoms with Crippen LogP contribution in [0, 0.1) is 0 Å². The number of hydrogen-bond donors (Lipinski definition) is 2. The Balaban J connectivity index is 1.38. The summed E-state index contributed by atoms with van der Waals surface area (Å²) in [6.45, 7) is 2.77. The van der Waals surface area contributed by atoms with Crippen LogP contribution >= 0.6 is 0 Å². The van der Waals surface area contributed by atoms with Crippen molar-refractivity contribution in [2.75, 3.05) is 23.3 Å². The number of anilines is 2. The van der Waals surface area contributed by atoms with E-state index in [0.29, 0.717) is 12.5 Å². The van der Waals surface area contributed by atoms with Crippen molar-refractivity contribution in [1.29, 1.82) is 0 Å². The monoisotopic (exact) mass is 363 g/mol. The fourth-order valence-electron chi connectivity index (χ4n) is 4.07. The molecule has 0 bridgehead atoms. The van der Waals surface area contributed by atoms with E-state index in [0.717, 1.165) is 43.0 Å². The van der Waals surface area contributed by atoms with Crippen LogP contribution < -0.4 is 16.0 Å². The molecular weight excluding hydrogens is 334 g/mol. The van der Waals surface area contributed by atoms with Gasteiger partial charge in [-0.25, -0.2) is 9.98 Å². The lowest BCUT2D eigenvalue weighted by molar-refractivity contribution is 0.573.